The summed E-state index contributed by atoms with van der Waals surface area (Å²) in [5.41, 5.74) is 3.47. The molecule has 0 aliphatic rings. The molecule has 2 rings (SSSR count). The van der Waals surface area contributed by atoms with Crippen LogP contribution in [-0.4, -0.2) is 21.4 Å². The Kier molecular flexibility index (Phi) is 3.92. The second-order valence-electron chi connectivity index (χ2n) is 4.32. The van der Waals surface area contributed by atoms with E-state index in [9.17, 15) is 4.39 Å². The molecular formula is C13H17FN4. The van der Waals surface area contributed by atoms with Crippen molar-refractivity contribution >= 4 is 5.69 Å². The van der Waals surface area contributed by atoms with Gasteiger partial charge in [0.25, 0.3) is 0 Å². The third-order valence-electron chi connectivity index (χ3n) is 2.66. The summed E-state index contributed by atoms with van der Waals surface area (Å²) in [4.78, 5) is 4.12. The Balaban J connectivity index is 2.04. The van der Waals surface area contributed by atoms with Gasteiger partial charge in [-0.2, -0.15) is 5.10 Å². The molecule has 1 heterocycles. The molecule has 0 saturated carbocycles. The molecule has 1 N–H and O–H groups in total. The molecule has 18 heavy (non-hydrogen) atoms. The average Bonchev–Trinajstić information content (AvgIpc) is 2.73. The summed E-state index contributed by atoms with van der Waals surface area (Å²) in [7, 11) is 0. The number of hydrogen-bond acceptors (Lipinski definition) is 3. The zero-order valence-corrected chi connectivity index (χ0v) is 10.7. The minimum Gasteiger partial charge on any atom is -0.378 e. The fourth-order valence-corrected chi connectivity index (χ4v) is 1.95. The number of anilines is 1. The first-order valence-corrected chi connectivity index (χ1v) is 5.94. The maximum Gasteiger partial charge on any atom is 0.146 e. The molecule has 0 radical (unpaired) electrons. The molecule has 1 aromatic carbocycles. The van der Waals surface area contributed by atoms with Gasteiger partial charge in [-0.05, 0) is 37.1 Å². The predicted molar refractivity (Wildman–Crippen MR) is 69.2 cm³/mol. The minimum absolute atomic E-state index is 0.254. The smallest absolute Gasteiger partial charge is 0.146 e. The Morgan fingerprint density at radius 2 is 1.94 bits per heavy atom. The number of nitrogens with zero attached hydrogens (tertiary/aromatic N) is 3. The molecule has 2 aromatic rings. The highest BCUT2D eigenvalue weighted by molar-refractivity contribution is 5.48. The standard InChI is InChI=1S/C13H17FN4/c1-10-5-11(2)7-12(6-10)15-8-13-16-9-17-18(13)4-3-14/h5-7,9,15H,3-4,8H2,1-2H3. The SMILES string of the molecule is Cc1cc(C)cc(NCc2ncnn2CCF)c1. The molecule has 96 valence electrons. The third kappa shape index (κ3) is 3.06. The molecule has 0 saturated heterocycles. The van der Waals surface area contributed by atoms with E-state index in [1.807, 2.05) is 0 Å². The van der Waals surface area contributed by atoms with Gasteiger partial charge in [-0.15, -0.1) is 0 Å². The van der Waals surface area contributed by atoms with E-state index in [0.717, 1.165) is 11.5 Å². The van der Waals surface area contributed by atoms with E-state index in [2.05, 4.69) is 47.4 Å². The largest absolute Gasteiger partial charge is 0.378 e. The fourth-order valence-electron chi connectivity index (χ4n) is 1.95. The van der Waals surface area contributed by atoms with E-state index in [1.54, 1.807) is 4.68 Å². The summed E-state index contributed by atoms with van der Waals surface area (Å²) in [5, 5.41) is 7.26. The van der Waals surface area contributed by atoms with E-state index < -0.39 is 6.67 Å². The highest BCUT2D eigenvalue weighted by Crippen LogP contribution is 2.14. The Labute approximate surface area is 106 Å². The van der Waals surface area contributed by atoms with Crippen LogP contribution in [0.2, 0.25) is 0 Å². The van der Waals surface area contributed by atoms with Crippen molar-refractivity contribution in [3.63, 3.8) is 0 Å². The van der Waals surface area contributed by atoms with Gasteiger partial charge in [0.15, 0.2) is 0 Å². The second-order valence-corrected chi connectivity index (χ2v) is 4.32. The molecule has 5 heteroatoms. The fraction of sp³-hybridized carbons (Fsp3) is 0.385. The third-order valence-corrected chi connectivity index (χ3v) is 2.66. The number of alkyl halides is 1. The number of benzene rings is 1. The van der Waals surface area contributed by atoms with Gasteiger partial charge in [-0.1, -0.05) is 6.07 Å². The van der Waals surface area contributed by atoms with Crippen molar-refractivity contribution in [1.82, 2.24) is 14.8 Å². The first-order valence-electron chi connectivity index (χ1n) is 5.94. The van der Waals surface area contributed by atoms with Gasteiger partial charge in [-0.25, -0.2) is 14.1 Å². The van der Waals surface area contributed by atoms with Crippen LogP contribution in [0.5, 0.6) is 0 Å². The van der Waals surface area contributed by atoms with Crippen LogP contribution in [0.4, 0.5) is 10.1 Å². The van der Waals surface area contributed by atoms with E-state index in [-0.39, 0.29) is 6.54 Å². The molecule has 0 amide bonds. The van der Waals surface area contributed by atoms with Crippen LogP contribution in [0.15, 0.2) is 24.5 Å². The van der Waals surface area contributed by atoms with Gasteiger partial charge in [0, 0.05) is 5.69 Å². The van der Waals surface area contributed by atoms with Crippen molar-refractivity contribution < 1.29 is 4.39 Å². The van der Waals surface area contributed by atoms with Gasteiger partial charge in [-0.3, -0.25) is 0 Å². The number of hydrogen-bond donors (Lipinski definition) is 1. The summed E-state index contributed by atoms with van der Waals surface area (Å²) in [5.74, 6) is 0.742. The Bertz CT molecular complexity index is 501. The van der Waals surface area contributed by atoms with Gasteiger partial charge < -0.3 is 5.32 Å². The summed E-state index contributed by atoms with van der Waals surface area (Å²) in [6, 6.07) is 6.27. The summed E-state index contributed by atoms with van der Waals surface area (Å²) in [6.07, 6.45) is 1.45. The lowest BCUT2D eigenvalue weighted by Gasteiger charge is -2.09. The molecular weight excluding hydrogens is 231 g/mol. The van der Waals surface area contributed by atoms with Crippen LogP contribution in [0.1, 0.15) is 17.0 Å². The Morgan fingerprint density at radius 1 is 1.22 bits per heavy atom. The quantitative estimate of drug-likeness (QED) is 0.884. The number of nitrogens with one attached hydrogen (secondary N) is 1. The topological polar surface area (TPSA) is 42.7 Å². The van der Waals surface area contributed by atoms with Gasteiger partial charge >= 0.3 is 0 Å². The Hall–Kier alpha value is -1.91. The van der Waals surface area contributed by atoms with Crippen LogP contribution in [0.25, 0.3) is 0 Å². The predicted octanol–water partition coefficient (Wildman–Crippen LogP) is 2.48. The molecule has 0 bridgehead atoms. The van der Waals surface area contributed by atoms with Crippen LogP contribution < -0.4 is 5.32 Å². The van der Waals surface area contributed by atoms with Crippen LogP contribution in [0.3, 0.4) is 0 Å². The molecule has 0 aliphatic heterocycles. The lowest BCUT2D eigenvalue weighted by Crippen LogP contribution is -2.11. The van der Waals surface area contributed by atoms with Crippen molar-refractivity contribution in [2.24, 2.45) is 0 Å². The van der Waals surface area contributed by atoms with Crippen molar-refractivity contribution in [2.75, 3.05) is 12.0 Å². The lowest BCUT2D eigenvalue weighted by atomic mass is 10.1. The summed E-state index contributed by atoms with van der Waals surface area (Å²) in [6.45, 7) is 4.49. The first-order chi connectivity index (χ1) is 8.69. The van der Waals surface area contributed by atoms with Crippen LogP contribution >= 0.6 is 0 Å². The van der Waals surface area contributed by atoms with Gasteiger partial charge in [0.1, 0.15) is 18.8 Å². The molecule has 1 aromatic heterocycles. The zero-order valence-electron chi connectivity index (χ0n) is 10.7. The van der Waals surface area contributed by atoms with Crippen molar-refractivity contribution in [3.05, 3.63) is 41.5 Å². The average molecular weight is 248 g/mol. The number of rotatable bonds is 5. The molecule has 0 atom stereocenters. The number of halogens is 1. The van der Waals surface area contributed by atoms with Gasteiger partial charge in [0.05, 0.1) is 13.1 Å². The minimum atomic E-state index is -0.431. The van der Waals surface area contributed by atoms with E-state index in [1.165, 1.54) is 17.5 Å². The van der Waals surface area contributed by atoms with Gasteiger partial charge in [0.2, 0.25) is 0 Å². The maximum absolute atomic E-state index is 12.3. The van der Waals surface area contributed by atoms with Crippen LogP contribution in [-0.2, 0) is 13.1 Å². The molecule has 0 spiro atoms. The zero-order chi connectivity index (χ0) is 13.0. The second kappa shape index (κ2) is 5.62. The van der Waals surface area contributed by atoms with E-state index >= 15 is 0 Å². The highest BCUT2D eigenvalue weighted by atomic mass is 19.1. The summed E-state index contributed by atoms with van der Waals surface area (Å²) >= 11 is 0. The van der Waals surface area contributed by atoms with Crippen molar-refractivity contribution in [3.8, 4) is 0 Å². The van der Waals surface area contributed by atoms with Crippen molar-refractivity contribution in [2.45, 2.75) is 26.9 Å². The monoisotopic (exact) mass is 248 g/mol. The molecule has 4 nitrogen and oxygen atoms in total. The van der Waals surface area contributed by atoms with E-state index in [4.69, 9.17) is 0 Å². The maximum atomic E-state index is 12.3. The van der Waals surface area contributed by atoms with Crippen molar-refractivity contribution in [1.29, 1.82) is 0 Å². The number of aromatic nitrogens is 3. The summed E-state index contributed by atoms with van der Waals surface area (Å²) < 4.78 is 13.9. The number of aryl methyl sites for hydroxylation is 3. The molecule has 0 aliphatic carbocycles. The molecule has 0 unspecified atom stereocenters. The lowest BCUT2D eigenvalue weighted by molar-refractivity contribution is 0.420. The van der Waals surface area contributed by atoms with E-state index in [0.29, 0.717) is 6.54 Å². The first kappa shape index (κ1) is 12.5. The van der Waals surface area contributed by atoms with Crippen LogP contribution in [0, 0.1) is 13.8 Å². The molecule has 0 fully saturated rings. The Morgan fingerprint density at radius 3 is 2.61 bits per heavy atom. The highest BCUT2D eigenvalue weighted by Gasteiger charge is 2.04. The normalized spacial score (nSPS) is 10.6.